The molecular formula is C29H33NO6. The van der Waals surface area contributed by atoms with Crippen LogP contribution in [0, 0.1) is 0 Å². The fraction of sp³-hybridized carbons (Fsp3) is 0.345. The summed E-state index contributed by atoms with van der Waals surface area (Å²) in [6, 6.07) is 16.9. The highest BCUT2D eigenvalue weighted by molar-refractivity contribution is 5.95. The minimum absolute atomic E-state index is 0.123. The van der Waals surface area contributed by atoms with E-state index in [0.29, 0.717) is 48.1 Å². The van der Waals surface area contributed by atoms with E-state index in [1.807, 2.05) is 29.2 Å². The molecule has 0 saturated heterocycles. The van der Waals surface area contributed by atoms with Gasteiger partial charge in [-0.2, -0.15) is 0 Å². The molecule has 1 atom stereocenters. The van der Waals surface area contributed by atoms with Gasteiger partial charge in [-0.05, 0) is 65.9 Å². The van der Waals surface area contributed by atoms with Crippen LogP contribution >= 0.6 is 0 Å². The van der Waals surface area contributed by atoms with Crippen LogP contribution in [0.25, 0.3) is 0 Å². The van der Waals surface area contributed by atoms with E-state index in [1.165, 1.54) is 5.56 Å². The molecule has 4 rings (SSSR count). The van der Waals surface area contributed by atoms with Gasteiger partial charge in [0.15, 0.2) is 11.5 Å². The second-order valence-electron chi connectivity index (χ2n) is 8.58. The monoisotopic (exact) mass is 491 g/mol. The summed E-state index contributed by atoms with van der Waals surface area (Å²) < 4.78 is 28.1. The zero-order valence-corrected chi connectivity index (χ0v) is 21.5. The fourth-order valence-electron chi connectivity index (χ4n) is 4.54. The Labute approximate surface area is 212 Å². The molecule has 190 valence electrons. The van der Waals surface area contributed by atoms with Gasteiger partial charge in [-0.3, -0.25) is 4.79 Å². The topological polar surface area (TPSA) is 66.5 Å². The molecule has 0 aliphatic carbocycles. The first-order valence-corrected chi connectivity index (χ1v) is 12.0. The first-order valence-electron chi connectivity index (χ1n) is 12.0. The SMILES string of the molecule is CCc1ccc(OC[C@H]2c3cc(OC)c(OC)cc3CCN2C(=O)c2cc(OC)cc(OC)c2)cc1. The molecule has 0 unspecified atom stereocenters. The molecule has 36 heavy (non-hydrogen) atoms. The van der Waals surface area contributed by atoms with Crippen molar-refractivity contribution in [1.82, 2.24) is 4.90 Å². The lowest BCUT2D eigenvalue weighted by Gasteiger charge is -2.37. The molecule has 3 aromatic carbocycles. The highest BCUT2D eigenvalue weighted by atomic mass is 16.5. The van der Waals surface area contributed by atoms with Crippen molar-refractivity contribution in [2.45, 2.75) is 25.8 Å². The van der Waals surface area contributed by atoms with Gasteiger partial charge in [0.1, 0.15) is 23.9 Å². The van der Waals surface area contributed by atoms with Crippen molar-refractivity contribution in [2.75, 3.05) is 41.6 Å². The summed E-state index contributed by atoms with van der Waals surface area (Å²) in [4.78, 5) is 15.7. The van der Waals surface area contributed by atoms with Crippen LogP contribution in [0.4, 0.5) is 0 Å². The Morgan fingerprint density at radius 1 is 0.833 bits per heavy atom. The molecule has 0 bridgehead atoms. The Hall–Kier alpha value is -3.87. The quantitative estimate of drug-likeness (QED) is 0.415. The predicted octanol–water partition coefficient (Wildman–Crippen LogP) is 5.10. The molecule has 7 heteroatoms. The van der Waals surface area contributed by atoms with Crippen LogP contribution in [0.15, 0.2) is 54.6 Å². The molecule has 1 amide bonds. The molecule has 0 saturated carbocycles. The van der Waals surface area contributed by atoms with Gasteiger partial charge in [0.05, 0.1) is 34.5 Å². The van der Waals surface area contributed by atoms with Crippen molar-refractivity contribution in [3.63, 3.8) is 0 Å². The lowest BCUT2D eigenvalue weighted by atomic mass is 9.91. The molecule has 7 nitrogen and oxygen atoms in total. The van der Waals surface area contributed by atoms with E-state index in [-0.39, 0.29) is 11.9 Å². The smallest absolute Gasteiger partial charge is 0.254 e. The van der Waals surface area contributed by atoms with Crippen LogP contribution in [0.2, 0.25) is 0 Å². The van der Waals surface area contributed by atoms with Crippen molar-refractivity contribution in [1.29, 1.82) is 0 Å². The van der Waals surface area contributed by atoms with Gasteiger partial charge in [-0.25, -0.2) is 0 Å². The fourth-order valence-corrected chi connectivity index (χ4v) is 4.54. The summed E-state index contributed by atoms with van der Waals surface area (Å²) in [5.74, 6) is 3.04. The maximum Gasteiger partial charge on any atom is 0.254 e. The number of aryl methyl sites for hydroxylation is 1. The van der Waals surface area contributed by atoms with Gasteiger partial charge in [0, 0.05) is 18.2 Å². The number of carbonyl (C=O) groups excluding carboxylic acids is 1. The molecular weight excluding hydrogens is 458 g/mol. The summed E-state index contributed by atoms with van der Waals surface area (Å²) >= 11 is 0. The lowest BCUT2D eigenvalue weighted by molar-refractivity contribution is 0.0588. The van der Waals surface area contributed by atoms with Crippen LogP contribution in [0.3, 0.4) is 0 Å². The Balaban J connectivity index is 1.71. The number of ether oxygens (including phenoxy) is 5. The van der Waals surface area contributed by atoms with Gasteiger partial charge >= 0.3 is 0 Å². The number of methoxy groups -OCH3 is 4. The summed E-state index contributed by atoms with van der Waals surface area (Å²) in [5.41, 5.74) is 3.82. The number of hydrogen-bond acceptors (Lipinski definition) is 6. The molecule has 0 fully saturated rings. The molecule has 0 radical (unpaired) electrons. The van der Waals surface area contributed by atoms with E-state index in [1.54, 1.807) is 46.6 Å². The zero-order valence-electron chi connectivity index (χ0n) is 21.5. The highest BCUT2D eigenvalue weighted by Crippen LogP contribution is 2.39. The van der Waals surface area contributed by atoms with Crippen molar-refractivity contribution >= 4 is 5.91 Å². The second-order valence-corrected chi connectivity index (χ2v) is 8.58. The second kappa shape index (κ2) is 11.2. The first-order chi connectivity index (χ1) is 17.5. The summed E-state index contributed by atoms with van der Waals surface area (Å²) in [6.45, 7) is 2.94. The molecule has 0 aromatic heterocycles. The maximum atomic E-state index is 13.8. The van der Waals surface area contributed by atoms with Crippen LogP contribution in [0.1, 0.15) is 40.0 Å². The summed E-state index contributed by atoms with van der Waals surface area (Å²) in [5, 5.41) is 0. The number of amides is 1. The Bertz CT molecular complexity index is 1180. The van der Waals surface area contributed by atoms with E-state index in [0.717, 1.165) is 23.3 Å². The maximum absolute atomic E-state index is 13.8. The molecule has 0 N–H and O–H groups in total. The number of nitrogens with zero attached hydrogens (tertiary/aromatic N) is 1. The van der Waals surface area contributed by atoms with Crippen molar-refractivity contribution in [2.24, 2.45) is 0 Å². The van der Waals surface area contributed by atoms with Crippen LogP contribution in [0.5, 0.6) is 28.7 Å². The van der Waals surface area contributed by atoms with Crippen molar-refractivity contribution < 1.29 is 28.5 Å². The minimum Gasteiger partial charge on any atom is -0.497 e. The number of rotatable bonds is 9. The largest absolute Gasteiger partial charge is 0.497 e. The highest BCUT2D eigenvalue weighted by Gasteiger charge is 2.33. The molecule has 1 aliphatic heterocycles. The third-order valence-electron chi connectivity index (χ3n) is 6.60. The normalized spacial score (nSPS) is 14.6. The Morgan fingerprint density at radius 2 is 1.47 bits per heavy atom. The predicted molar refractivity (Wildman–Crippen MR) is 138 cm³/mol. The van der Waals surface area contributed by atoms with Crippen LogP contribution in [-0.4, -0.2) is 52.4 Å². The van der Waals surface area contributed by atoms with Crippen molar-refractivity contribution in [3.8, 4) is 28.7 Å². The molecule has 0 spiro atoms. The van der Waals surface area contributed by atoms with Crippen LogP contribution in [-0.2, 0) is 12.8 Å². The van der Waals surface area contributed by atoms with Gasteiger partial charge in [0.25, 0.3) is 5.91 Å². The third-order valence-corrected chi connectivity index (χ3v) is 6.60. The molecule has 3 aromatic rings. The molecule has 1 heterocycles. The average molecular weight is 492 g/mol. The van der Waals surface area contributed by atoms with E-state index in [4.69, 9.17) is 23.7 Å². The van der Waals surface area contributed by atoms with E-state index in [2.05, 4.69) is 19.1 Å². The molecule has 1 aliphatic rings. The number of benzene rings is 3. The number of hydrogen-bond donors (Lipinski definition) is 0. The van der Waals surface area contributed by atoms with Gasteiger partial charge in [-0.1, -0.05) is 19.1 Å². The standard InChI is InChI=1S/C29H33NO6/c1-6-19-7-9-22(10-8-19)36-18-26-25-17-28(35-5)27(34-4)15-20(25)11-12-30(26)29(31)21-13-23(32-2)16-24(14-21)33-3/h7-10,13-17,26H,6,11-12,18H2,1-5H3/t26-/m0/s1. The Morgan fingerprint density at radius 3 is 2.06 bits per heavy atom. The average Bonchev–Trinajstić information content (AvgIpc) is 2.94. The van der Waals surface area contributed by atoms with Crippen LogP contribution < -0.4 is 23.7 Å². The van der Waals surface area contributed by atoms with Gasteiger partial charge in [-0.15, -0.1) is 0 Å². The van der Waals surface area contributed by atoms with Gasteiger partial charge < -0.3 is 28.6 Å². The third kappa shape index (κ3) is 5.20. The van der Waals surface area contributed by atoms with E-state index < -0.39 is 0 Å². The number of carbonyl (C=O) groups is 1. The summed E-state index contributed by atoms with van der Waals surface area (Å²) in [7, 11) is 6.37. The van der Waals surface area contributed by atoms with E-state index >= 15 is 0 Å². The zero-order chi connectivity index (χ0) is 25.7. The minimum atomic E-state index is -0.330. The van der Waals surface area contributed by atoms with E-state index in [9.17, 15) is 4.79 Å². The lowest BCUT2D eigenvalue weighted by Crippen LogP contribution is -2.42. The number of fused-ring (bicyclic) bond motifs is 1. The Kier molecular flexibility index (Phi) is 7.88. The first kappa shape index (κ1) is 25.2. The summed E-state index contributed by atoms with van der Waals surface area (Å²) in [6.07, 6.45) is 1.65. The van der Waals surface area contributed by atoms with Crippen molar-refractivity contribution in [3.05, 3.63) is 76.9 Å². The van der Waals surface area contributed by atoms with Gasteiger partial charge in [0.2, 0.25) is 0 Å².